The molecule has 2 aromatic carbocycles. The monoisotopic (exact) mass is 312 g/mol. The topological polar surface area (TPSA) is 0 Å². The number of benzene rings is 2. The first-order valence-electron chi connectivity index (χ1n) is 5.04. The van der Waals surface area contributed by atoms with Gasteiger partial charge in [0.05, 0.1) is 0 Å². The summed E-state index contributed by atoms with van der Waals surface area (Å²) in [5.74, 6) is 0. The third kappa shape index (κ3) is 2.36. The minimum atomic E-state index is -1.36. The van der Waals surface area contributed by atoms with Crippen LogP contribution in [0.2, 0.25) is 0 Å². The fourth-order valence-electron chi connectivity index (χ4n) is 1.61. The van der Waals surface area contributed by atoms with E-state index < -0.39 is 4.71 Å². The van der Waals surface area contributed by atoms with Crippen molar-refractivity contribution in [2.45, 2.75) is 0 Å². The molecular formula is C13H13PSSe. The van der Waals surface area contributed by atoms with Crippen LogP contribution in [0.4, 0.5) is 0 Å². The Morgan fingerprint density at radius 2 is 1.19 bits per heavy atom. The second-order valence-corrected chi connectivity index (χ2v) is 13.7. The van der Waals surface area contributed by atoms with E-state index in [1.807, 2.05) is 11.4 Å². The van der Waals surface area contributed by atoms with E-state index in [9.17, 15) is 0 Å². The Labute approximate surface area is 108 Å². The van der Waals surface area contributed by atoms with E-state index in [0.29, 0.717) is 0 Å². The van der Waals surface area contributed by atoms with Gasteiger partial charge in [-0.2, -0.15) is 0 Å². The van der Waals surface area contributed by atoms with Gasteiger partial charge in [0, 0.05) is 0 Å². The molecule has 0 heterocycles. The zero-order valence-electron chi connectivity index (χ0n) is 9.04. The van der Waals surface area contributed by atoms with Crippen molar-refractivity contribution in [2.24, 2.45) is 0 Å². The fourth-order valence-corrected chi connectivity index (χ4v) is 6.98. The van der Waals surface area contributed by atoms with Crippen LogP contribution in [-0.2, 0) is 0 Å². The van der Waals surface area contributed by atoms with Gasteiger partial charge in [0.2, 0.25) is 0 Å². The van der Waals surface area contributed by atoms with Crippen LogP contribution in [-0.4, -0.2) is 21.4 Å². The van der Waals surface area contributed by atoms with E-state index in [2.05, 4.69) is 82.0 Å². The predicted molar refractivity (Wildman–Crippen MR) is 78.3 cm³/mol. The Bertz CT molecular complexity index is 452. The van der Waals surface area contributed by atoms with Crippen LogP contribution in [0.25, 0.3) is 0 Å². The van der Waals surface area contributed by atoms with E-state index in [0.717, 1.165) is 0 Å². The zero-order chi connectivity index (χ0) is 11.4. The molecule has 0 aromatic heterocycles. The second kappa shape index (κ2) is 5.38. The summed E-state index contributed by atoms with van der Waals surface area (Å²) in [5, 5.41) is 2.82. The van der Waals surface area contributed by atoms with Crippen molar-refractivity contribution in [1.82, 2.24) is 0 Å². The van der Waals surface area contributed by atoms with E-state index in [1.54, 1.807) is 0 Å². The van der Waals surface area contributed by atoms with Crippen molar-refractivity contribution in [3.05, 3.63) is 60.7 Å². The molecule has 2 rings (SSSR count). The van der Waals surface area contributed by atoms with Crippen molar-refractivity contribution in [1.29, 1.82) is 0 Å². The molecule has 0 aliphatic heterocycles. The van der Waals surface area contributed by atoms with Gasteiger partial charge in [-0.3, -0.25) is 0 Å². The van der Waals surface area contributed by atoms with Gasteiger partial charge in [-0.25, -0.2) is 0 Å². The first-order chi connectivity index (χ1) is 7.77. The molecular weight excluding hydrogens is 298 g/mol. The van der Waals surface area contributed by atoms with E-state index in [-0.39, 0.29) is 0 Å². The zero-order valence-corrected chi connectivity index (χ0v) is 12.5. The maximum atomic E-state index is 3.45. The molecule has 0 radical (unpaired) electrons. The van der Waals surface area contributed by atoms with Gasteiger partial charge in [0.25, 0.3) is 0 Å². The molecule has 2 aromatic rings. The van der Waals surface area contributed by atoms with Gasteiger partial charge in [-0.15, -0.1) is 0 Å². The molecule has 0 saturated heterocycles. The molecule has 0 unspecified atom stereocenters. The van der Waals surface area contributed by atoms with Crippen molar-refractivity contribution < 1.29 is 0 Å². The summed E-state index contributed by atoms with van der Waals surface area (Å²) in [4.78, 5) is 0. The molecule has 16 heavy (non-hydrogen) atoms. The summed E-state index contributed by atoms with van der Waals surface area (Å²) in [5.41, 5.74) is 0. The minimum absolute atomic E-state index is 1.36. The summed E-state index contributed by atoms with van der Waals surface area (Å²) in [7, 11) is 0. The second-order valence-electron chi connectivity index (χ2n) is 3.41. The standard InChI is InChI=1S/C13H13PSSe/c1-15-14(16,12-8-4-2-5-9-12)13-10-6-3-7-11-13/h2-11H,1H3. The summed E-state index contributed by atoms with van der Waals surface area (Å²) in [6.07, 6.45) is 2.18. The Balaban J connectivity index is 2.54. The molecule has 0 saturated carbocycles. The number of hydrogen-bond donors (Lipinski definition) is 0. The van der Waals surface area contributed by atoms with E-state index in [4.69, 9.17) is 0 Å². The first-order valence-corrected chi connectivity index (χ1v) is 10.9. The third-order valence-electron chi connectivity index (χ3n) is 2.45. The van der Waals surface area contributed by atoms with Gasteiger partial charge < -0.3 is 0 Å². The molecule has 0 nitrogen and oxygen atoms in total. The SMILES string of the molecule is CSP(=[Se])(c1ccccc1)c1ccccc1. The Morgan fingerprint density at radius 3 is 1.50 bits per heavy atom. The molecule has 0 aliphatic carbocycles. The van der Waals surface area contributed by atoms with Crippen LogP contribution in [0.1, 0.15) is 0 Å². The van der Waals surface area contributed by atoms with Gasteiger partial charge in [-0.05, 0) is 0 Å². The van der Waals surface area contributed by atoms with Crippen LogP contribution < -0.4 is 10.6 Å². The molecule has 0 atom stereocenters. The Hall–Kier alpha value is -0.261. The molecule has 0 amide bonds. The average molecular weight is 311 g/mol. The molecule has 82 valence electrons. The van der Waals surface area contributed by atoms with Crippen molar-refractivity contribution in [2.75, 3.05) is 6.26 Å². The quantitative estimate of drug-likeness (QED) is 0.620. The van der Waals surface area contributed by atoms with Crippen molar-refractivity contribution in [3.8, 4) is 0 Å². The summed E-state index contributed by atoms with van der Waals surface area (Å²) < 4.78 is -1.36. The predicted octanol–water partition coefficient (Wildman–Crippen LogP) is 3.02. The van der Waals surface area contributed by atoms with Gasteiger partial charge in [0.1, 0.15) is 0 Å². The maximum absolute atomic E-state index is 3.45. The van der Waals surface area contributed by atoms with E-state index >= 15 is 0 Å². The van der Waals surface area contributed by atoms with Crippen LogP contribution in [0.3, 0.4) is 0 Å². The summed E-state index contributed by atoms with van der Waals surface area (Å²) in [6.45, 7) is 0. The molecule has 0 aliphatic rings. The number of hydrogen-bond acceptors (Lipinski definition) is 1. The van der Waals surface area contributed by atoms with E-state index in [1.165, 1.54) is 10.6 Å². The van der Waals surface area contributed by atoms with Crippen molar-refractivity contribution >= 4 is 41.8 Å². The molecule has 0 fully saturated rings. The Kier molecular flexibility index (Phi) is 4.10. The average Bonchev–Trinajstić information content (AvgIpc) is 2.40. The normalized spacial score (nSPS) is 11.3. The van der Waals surface area contributed by atoms with Crippen LogP contribution in [0.15, 0.2) is 60.7 Å². The number of rotatable bonds is 3. The van der Waals surface area contributed by atoms with Crippen LogP contribution in [0, 0.1) is 0 Å². The molecule has 3 heteroatoms. The van der Waals surface area contributed by atoms with Crippen LogP contribution >= 0.6 is 16.1 Å². The Morgan fingerprint density at radius 1 is 0.812 bits per heavy atom. The molecule has 0 N–H and O–H groups in total. The van der Waals surface area contributed by atoms with Gasteiger partial charge in [0.15, 0.2) is 0 Å². The fraction of sp³-hybridized carbons (Fsp3) is 0.0769. The van der Waals surface area contributed by atoms with Gasteiger partial charge in [-0.1, -0.05) is 0 Å². The first kappa shape index (κ1) is 12.2. The summed E-state index contributed by atoms with van der Waals surface area (Å²) >= 11 is 5.38. The van der Waals surface area contributed by atoms with Crippen LogP contribution in [0.5, 0.6) is 0 Å². The van der Waals surface area contributed by atoms with Gasteiger partial charge >= 0.3 is 109 Å². The summed E-state index contributed by atoms with van der Waals surface area (Å²) in [6, 6.07) is 21.4. The third-order valence-corrected chi connectivity index (χ3v) is 13.2. The molecule has 0 spiro atoms. The van der Waals surface area contributed by atoms with Crippen molar-refractivity contribution in [3.63, 3.8) is 0 Å². The molecule has 0 bridgehead atoms.